The monoisotopic (exact) mass is 731 g/mol. The number of nitrogens with zero attached hydrogens (tertiary/aromatic N) is 1. The van der Waals surface area contributed by atoms with Crippen molar-refractivity contribution in [2.75, 3.05) is 4.90 Å². The number of hydrogen-bond donors (Lipinski definition) is 0. The Morgan fingerprint density at radius 1 is 0.630 bits per heavy atom. The third kappa shape index (κ3) is 6.95. The summed E-state index contributed by atoms with van der Waals surface area (Å²) >= 11 is 3.78. The quantitative estimate of drug-likeness (QED) is 0.111. The van der Waals surface area contributed by atoms with Crippen molar-refractivity contribution in [3.63, 3.8) is 0 Å². The fraction of sp³-hybridized carbons (Fsp3) is 0.0980. The van der Waals surface area contributed by atoms with Gasteiger partial charge in [-0.2, -0.15) is 0 Å². The highest BCUT2D eigenvalue weighted by molar-refractivity contribution is 7.25. The van der Waals surface area contributed by atoms with E-state index in [-0.39, 0.29) is 0 Å². The van der Waals surface area contributed by atoms with Crippen molar-refractivity contribution in [2.24, 2.45) is 0 Å². The number of anilines is 3. The number of allylic oxidation sites excluding steroid dienone is 5. The number of thiophene rings is 2. The van der Waals surface area contributed by atoms with Crippen LogP contribution in [0.2, 0.25) is 0 Å². The maximum Gasteiger partial charge on any atom is 0.0468 e. The van der Waals surface area contributed by atoms with E-state index in [9.17, 15) is 0 Å². The van der Waals surface area contributed by atoms with Gasteiger partial charge in [0.1, 0.15) is 0 Å². The Hall–Kier alpha value is -5.92. The predicted octanol–water partition coefficient (Wildman–Crippen LogP) is 15.3. The van der Waals surface area contributed by atoms with Crippen LogP contribution in [0, 0.1) is 12.3 Å². The first kappa shape index (κ1) is 35.1. The molecule has 3 heteroatoms. The van der Waals surface area contributed by atoms with E-state index in [1.165, 1.54) is 68.5 Å². The number of terminal acetylenes is 1. The zero-order valence-electron chi connectivity index (χ0n) is 30.6. The molecule has 0 amide bonds. The van der Waals surface area contributed by atoms with E-state index in [4.69, 9.17) is 6.42 Å². The first-order valence-electron chi connectivity index (χ1n) is 18.7. The van der Waals surface area contributed by atoms with Gasteiger partial charge in [-0.1, -0.05) is 111 Å². The summed E-state index contributed by atoms with van der Waals surface area (Å²) in [7, 11) is 0. The Labute approximate surface area is 326 Å². The molecule has 0 atom stereocenters. The molecule has 0 fully saturated rings. The lowest BCUT2D eigenvalue weighted by molar-refractivity contribution is 1.01. The summed E-state index contributed by atoms with van der Waals surface area (Å²) in [4.78, 5) is 3.77. The molecule has 1 aliphatic carbocycles. The lowest BCUT2D eigenvalue weighted by Crippen LogP contribution is -2.10. The highest BCUT2D eigenvalue weighted by atomic mass is 32.1. The van der Waals surface area contributed by atoms with Crippen LogP contribution >= 0.6 is 22.7 Å². The largest absolute Gasteiger partial charge is 0.310 e. The molecular formula is C51H41NS2. The van der Waals surface area contributed by atoms with Crippen LogP contribution in [0.15, 0.2) is 164 Å². The zero-order chi connectivity index (χ0) is 36.9. The molecule has 0 N–H and O–H groups in total. The Morgan fingerprint density at radius 2 is 1.31 bits per heavy atom. The molecule has 2 aromatic heterocycles. The van der Waals surface area contributed by atoms with Crippen molar-refractivity contribution in [1.82, 2.24) is 0 Å². The molecule has 0 aliphatic heterocycles. The Morgan fingerprint density at radius 3 is 2.13 bits per heavy atom. The first-order chi connectivity index (χ1) is 26.7. The molecule has 6 aromatic carbocycles. The molecule has 1 aliphatic rings. The molecule has 0 unspecified atom stereocenters. The molecular weight excluding hydrogens is 691 g/mol. The lowest BCUT2D eigenvalue weighted by atomic mass is 9.91. The van der Waals surface area contributed by atoms with Crippen LogP contribution in [-0.4, -0.2) is 0 Å². The fourth-order valence-corrected chi connectivity index (χ4v) is 9.65. The number of rotatable bonds is 8. The van der Waals surface area contributed by atoms with Crippen molar-refractivity contribution < 1.29 is 0 Å². The molecule has 0 radical (unpaired) electrons. The van der Waals surface area contributed by atoms with Gasteiger partial charge in [0.15, 0.2) is 0 Å². The summed E-state index contributed by atoms with van der Waals surface area (Å²) in [6.45, 7) is 4.00. The lowest BCUT2D eigenvalue weighted by Gasteiger charge is -2.27. The van der Waals surface area contributed by atoms with Crippen molar-refractivity contribution in [3.8, 4) is 34.6 Å². The van der Waals surface area contributed by atoms with Crippen LogP contribution < -0.4 is 4.90 Å². The first-order valence-corrected chi connectivity index (χ1v) is 20.4. The van der Waals surface area contributed by atoms with Crippen LogP contribution in [0.4, 0.5) is 17.1 Å². The highest BCUT2D eigenvalue weighted by Gasteiger charge is 2.19. The highest BCUT2D eigenvalue weighted by Crippen LogP contribution is 2.44. The molecule has 8 aromatic rings. The second kappa shape index (κ2) is 16.0. The normalized spacial score (nSPS) is 12.3. The second-order valence-electron chi connectivity index (χ2n) is 13.1. The summed E-state index contributed by atoms with van der Waals surface area (Å²) in [6, 6.07) is 49.4. The van der Waals surface area contributed by atoms with Crippen LogP contribution in [0.3, 0.4) is 0 Å². The van der Waals surface area contributed by atoms with E-state index < -0.39 is 0 Å². The van der Waals surface area contributed by atoms with E-state index >= 15 is 0 Å². The van der Waals surface area contributed by atoms with Crippen molar-refractivity contribution in [3.05, 3.63) is 180 Å². The SMILES string of the molecule is C#C/C=C\C=C/Cc1ccc(N(c2ccccc2)c2ccc(-c3ccc4sc5ccccc5c4c3)c(-c3ccc4sc5c(c4c3)CCC=C5)c2)cc1.CC. The summed E-state index contributed by atoms with van der Waals surface area (Å²) < 4.78 is 4.01. The van der Waals surface area contributed by atoms with Crippen LogP contribution in [0.5, 0.6) is 0 Å². The molecule has 0 saturated carbocycles. The van der Waals surface area contributed by atoms with Gasteiger partial charge in [0.25, 0.3) is 0 Å². The number of fused-ring (bicyclic) bond motifs is 6. The minimum absolute atomic E-state index is 0.841. The predicted molar refractivity (Wildman–Crippen MR) is 240 cm³/mol. The molecule has 0 spiro atoms. The summed E-state index contributed by atoms with van der Waals surface area (Å²) in [5.74, 6) is 2.54. The van der Waals surface area contributed by atoms with Crippen molar-refractivity contribution >= 4 is 76.1 Å². The number of para-hydroxylation sites is 1. The maximum atomic E-state index is 5.34. The Bertz CT molecular complexity index is 2710. The van der Waals surface area contributed by atoms with Gasteiger partial charge in [0.05, 0.1) is 0 Å². The fourth-order valence-electron chi connectivity index (χ4n) is 7.40. The summed E-state index contributed by atoms with van der Waals surface area (Å²) in [5, 5.41) is 4.02. The van der Waals surface area contributed by atoms with Gasteiger partial charge in [-0.05, 0) is 137 Å². The number of benzene rings is 6. The minimum Gasteiger partial charge on any atom is -0.310 e. The third-order valence-electron chi connectivity index (χ3n) is 9.91. The molecule has 54 heavy (non-hydrogen) atoms. The number of aryl methyl sites for hydroxylation is 1. The van der Waals surface area contributed by atoms with E-state index in [0.717, 1.165) is 36.3 Å². The van der Waals surface area contributed by atoms with Gasteiger partial charge >= 0.3 is 0 Å². The maximum absolute atomic E-state index is 5.34. The zero-order valence-corrected chi connectivity index (χ0v) is 32.3. The average molecular weight is 732 g/mol. The van der Waals surface area contributed by atoms with Crippen LogP contribution in [-0.2, 0) is 12.8 Å². The van der Waals surface area contributed by atoms with Gasteiger partial charge < -0.3 is 4.90 Å². The third-order valence-corrected chi connectivity index (χ3v) is 12.2. The van der Waals surface area contributed by atoms with E-state index in [1.54, 1.807) is 6.08 Å². The van der Waals surface area contributed by atoms with Gasteiger partial charge in [-0.25, -0.2) is 0 Å². The van der Waals surface area contributed by atoms with Gasteiger partial charge in [0.2, 0.25) is 0 Å². The van der Waals surface area contributed by atoms with Gasteiger partial charge in [-0.3, -0.25) is 0 Å². The van der Waals surface area contributed by atoms with E-state index in [2.05, 4.69) is 163 Å². The molecule has 0 saturated heterocycles. The average Bonchev–Trinajstić information content (AvgIpc) is 3.80. The Balaban J connectivity index is 0.00000203. The molecule has 262 valence electrons. The molecule has 0 bridgehead atoms. The standard InChI is InChI=1S/C49H35NS2.C2H6/c1-2-3-4-5-7-14-34-21-25-38(26-22-34)50(37-15-8-6-9-16-37)39-27-28-40(35-23-29-48-44(31-35)41-17-10-12-19-46(41)51-48)43(33-39)36-24-30-49-45(32-36)42-18-11-13-20-47(42)52-49;1-2/h1,3-10,12-13,15-17,19-33H,11,14,18H2;1-2H3/b4-3-,7-5-;. The molecule has 1 nitrogen and oxygen atoms in total. The molecule has 2 heterocycles. The summed E-state index contributed by atoms with van der Waals surface area (Å²) in [5.41, 5.74) is 11.0. The smallest absolute Gasteiger partial charge is 0.0468 e. The van der Waals surface area contributed by atoms with Crippen molar-refractivity contribution in [2.45, 2.75) is 33.1 Å². The topological polar surface area (TPSA) is 3.24 Å². The second-order valence-corrected chi connectivity index (χ2v) is 15.3. The van der Waals surface area contributed by atoms with Gasteiger partial charge in [-0.15, -0.1) is 29.1 Å². The van der Waals surface area contributed by atoms with Gasteiger partial charge in [0, 0.05) is 46.8 Å². The van der Waals surface area contributed by atoms with E-state index in [1.807, 2.05) is 48.7 Å². The van der Waals surface area contributed by atoms with Crippen LogP contribution in [0.1, 0.15) is 36.3 Å². The number of hydrogen-bond acceptors (Lipinski definition) is 3. The molecule has 9 rings (SSSR count). The summed E-state index contributed by atoms with van der Waals surface area (Å²) in [6.07, 6.45) is 20.8. The van der Waals surface area contributed by atoms with E-state index in [0.29, 0.717) is 0 Å². The minimum atomic E-state index is 0.841. The van der Waals surface area contributed by atoms with Crippen molar-refractivity contribution in [1.29, 1.82) is 0 Å². The van der Waals surface area contributed by atoms with Crippen LogP contribution in [0.25, 0.3) is 58.6 Å². The Kier molecular flexibility index (Phi) is 10.4.